The maximum Gasteiger partial charge on any atom is 0.226 e. The normalized spacial score (nSPS) is 28.1. The topological polar surface area (TPSA) is 50.2 Å². The van der Waals surface area contributed by atoms with E-state index < -0.39 is 0 Å². The van der Waals surface area contributed by atoms with Crippen LogP contribution in [-0.4, -0.2) is 39.5 Å². The molecule has 0 radical (unpaired) electrons. The summed E-state index contributed by atoms with van der Waals surface area (Å²) >= 11 is 0. The molecule has 1 aliphatic heterocycles. The fourth-order valence-corrected chi connectivity index (χ4v) is 5.02. The monoisotopic (exact) mass is 364 g/mol. The first-order valence-corrected chi connectivity index (χ1v) is 10.2. The van der Waals surface area contributed by atoms with Gasteiger partial charge in [0.1, 0.15) is 5.82 Å². The van der Waals surface area contributed by atoms with Crippen molar-refractivity contribution in [1.82, 2.24) is 19.8 Å². The summed E-state index contributed by atoms with van der Waals surface area (Å²) in [5.41, 5.74) is 1.66. The Bertz CT molecular complexity index is 824. The Morgan fingerprint density at radius 2 is 2.07 bits per heavy atom. The highest BCUT2D eigenvalue weighted by molar-refractivity contribution is 5.83. The minimum absolute atomic E-state index is 0.145. The first kappa shape index (κ1) is 17.0. The molecular weight excluding hydrogens is 336 g/mol. The van der Waals surface area contributed by atoms with Crippen LogP contribution in [-0.2, 0) is 18.4 Å². The summed E-state index contributed by atoms with van der Waals surface area (Å²) in [6, 6.07) is 10.9. The van der Waals surface area contributed by atoms with Crippen LogP contribution in [0.5, 0.6) is 0 Å². The molecule has 3 atom stereocenters. The van der Waals surface area contributed by atoms with E-state index in [4.69, 9.17) is 0 Å². The van der Waals surface area contributed by atoms with E-state index >= 15 is 0 Å². The summed E-state index contributed by atoms with van der Waals surface area (Å²) in [6.45, 7) is 2.80. The van der Waals surface area contributed by atoms with Crippen LogP contribution in [0.25, 0.3) is 0 Å². The van der Waals surface area contributed by atoms with Gasteiger partial charge in [0, 0.05) is 31.4 Å². The molecule has 2 aromatic rings. The molecule has 27 heavy (non-hydrogen) atoms. The van der Waals surface area contributed by atoms with Crippen molar-refractivity contribution < 1.29 is 4.79 Å². The lowest BCUT2D eigenvalue weighted by molar-refractivity contribution is -0.134. The Morgan fingerprint density at radius 3 is 2.78 bits per heavy atom. The third-order valence-electron chi connectivity index (χ3n) is 6.97. The number of carbonyl (C=O) groups excluding carboxylic acids is 1. The molecular formula is C22H28N4O. The van der Waals surface area contributed by atoms with E-state index in [1.165, 1.54) is 18.4 Å². The number of hydrogen-bond acceptors (Lipinski definition) is 3. The van der Waals surface area contributed by atoms with Crippen molar-refractivity contribution in [3.8, 4) is 0 Å². The van der Waals surface area contributed by atoms with Gasteiger partial charge in [0.15, 0.2) is 0 Å². The largest absolute Gasteiger partial charge is 0.337 e. The predicted molar refractivity (Wildman–Crippen MR) is 104 cm³/mol. The minimum Gasteiger partial charge on any atom is -0.337 e. The Balaban J connectivity index is 1.36. The molecule has 1 aromatic heterocycles. The number of imidazole rings is 1. The van der Waals surface area contributed by atoms with E-state index in [1.54, 1.807) is 0 Å². The summed E-state index contributed by atoms with van der Waals surface area (Å²) in [6.07, 6.45) is 8.32. The number of aryl methyl sites for hydroxylation is 1. The van der Waals surface area contributed by atoms with E-state index in [-0.39, 0.29) is 5.92 Å². The first-order valence-electron chi connectivity index (χ1n) is 10.2. The van der Waals surface area contributed by atoms with Crippen LogP contribution in [0.3, 0.4) is 0 Å². The molecule has 3 aliphatic rings. The Morgan fingerprint density at radius 1 is 1.30 bits per heavy atom. The molecule has 5 heteroatoms. The van der Waals surface area contributed by atoms with Gasteiger partial charge in [0.25, 0.3) is 0 Å². The summed E-state index contributed by atoms with van der Waals surface area (Å²) in [7, 11) is 2.02. The minimum atomic E-state index is 0.145. The van der Waals surface area contributed by atoms with Gasteiger partial charge < -0.3 is 14.8 Å². The zero-order valence-corrected chi connectivity index (χ0v) is 16.0. The number of nitrogens with zero attached hydrogens (tertiary/aromatic N) is 3. The molecule has 2 heterocycles. The number of benzene rings is 1. The maximum absolute atomic E-state index is 13.5. The Kier molecular flexibility index (Phi) is 4.08. The predicted octanol–water partition coefficient (Wildman–Crippen LogP) is 2.69. The molecule has 5 rings (SSSR count). The number of hydrogen-bond donors (Lipinski definition) is 1. The van der Waals surface area contributed by atoms with Crippen LogP contribution in [0.4, 0.5) is 0 Å². The summed E-state index contributed by atoms with van der Waals surface area (Å²) in [4.78, 5) is 20.2. The van der Waals surface area contributed by atoms with Crippen molar-refractivity contribution in [3.63, 3.8) is 0 Å². The fraction of sp³-hybridized carbons (Fsp3) is 0.545. The van der Waals surface area contributed by atoms with Gasteiger partial charge in [-0.2, -0.15) is 0 Å². The van der Waals surface area contributed by atoms with E-state index in [0.29, 0.717) is 29.8 Å². The van der Waals surface area contributed by atoms with Crippen molar-refractivity contribution in [1.29, 1.82) is 0 Å². The quantitative estimate of drug-likeness (QED) is 0.887. The molecule has 142 valence electrons. The lowest BCUT2D eigenvalue weighted by Gasteiger charge is -2.29. The summed E-state index contributed by atoms with van der Waals surface area (Å²) in [5, 5.41) is 3.47. The first-order chi connectivity index (χ1) is 13.2. The van der Waals surface area contributed by atoms with Gasteiger partial charge in [-0.3, -0.25) is 4.79 Å². The Hall–Kier alpha value is -2.14. The van der Waals surface area contributed by atoms with Crippen molar-refractivity contribution in [2.24, 2.45) is 18.4 Å². The second kappa shape index (κ2) is 6.48. The van der Waals surface area contributed by atoms with Gasteiger partial charge in [-0.15, -0.1) is 0 Å². The highest BCUT2D eigenvalue weighted by atomic mass is 16.2. The van der Waals surface area contributed by atoms with Gasteiger partial charge in [-0.05, 0) is 55.7 Å². The molecule has 2 saturated carbocycles. The van der Waals surface area contributed by atoms with Crippen LogP contribution < -0.4 is 5.32 Å². The van der Waals surface area contributed by atoms with Crippen molar-refractivity contribution in [3.05, 3.63) is 54.1 Å². The average Bonchev–Trinajstić information content (AvgIpc) is 3.59. The van der Waals surface area contributed by atoms with Crippen LogP contribution in [0, 0.1) is 11.3 Å². The van der Waals surface area contributed by atoms with Gasteiger partial charge in [0.05, 0.1) is 6.54 Å². The summed E-state index contributed by atoms with van der Waals surface area (Å²) in [5.74, 6) is 1.86. The van der Waals surface area contributed by atoms with Crippen LogP contribution >= 0.6 is 0 Å². The van der Waals surface area contributed by atoms with Crippen molar-refractivity contribution in [2.75, 3.05) is 13.1 Å². The molecule has 1 spiro atoms. The van der Waals surface area contributed by atoms with Crippen molar-refractivity contribution >= 4 is 5.91 Å². The van der Waals surface area contributed by atoms with Gasteiger partial charge in [-0.25, -0.2) is 4.98 Å². The lowest BCUT2D eigenvalue weighted by Crippen LogP contribution is -2.40. The molecule has 1 aromatic carbocycles. The third-order valence-corrected chi connectivity index (χ3v) is 6.97. The fourth-order valence-electron chi connectivity index (χ4n) is 5.02. The smallest absolute Gasteiger partial charge is 0.226 e. The van der Waals surface area contributed by atoms with E-state index in [0.717, 1.165) is 31.8 Å². The SMILES string of the molecule is Cn1ccnc1CN(C(=O)C1CC1c1ccccc1)C1CC12CCNCC2. The molecule has 3 fully saturated rings. The molecule has 1 N–H and O–H groups in total. The maximum atomic E-state index is 13.5. The molecule has 1 saturated heterocycles. The zero-order valence-electron chi connectivity index (χ0n) is 16.0. The molecule has 1 amide bonds. The number of amides is 1. The molecule has 0 bridgehead atoms. The number of aromatic nitrogens is 2. The molecule has 2 aliphatic carbocycles. The summed E-state index contributed by atoms with van der Waals surface area (Å²) < 4.78 is 2.04. The van der Waals surface area contributed by atoms with Gasteiger partial charge in [-0.1, -0.05) is 30.3 Å². The average molecular weight is 364 g/mol. The molecule has 5 nitrogen and oxygen atoms in total. The third kappa shape index (κ3) is 3.08. The lowest BCUT2D eigenvalue weighted by atomic mass is 9.93. The van der Waals surface area contributed by atoms with Crippen LogP contribution in [0.2, 0.25) is 0 Å². The highest BCUT2D eigenvalue weighted by Crippen LogP contribution is 2.58. The molecule has 3 unspecified atom stereocenters. The standard InChI is InChI=1S/C22H28N4O/c1-25-12-11-24-20(25)15-26(19-14-22(19)7-9-23-10-8-22)21(27)18-13-17(18)16-5-3-2-4-6-16/h2-6,11-12,17-19,23H,7-10,13-15H2,1H3. The van der Waals surface area contributed by atoms with E-state index in [1.807, 2.05) is 30.1 Å². The highest BCUT2D eigenvalue weighted by Gasteiger charge is 2.59. The second-order valence-corrected chi connectivity index (χ2v) is 8.61. The number of piperidine rings is 1. The van der Waals surface area contributed by atoms with Gasteiger partial charge >= 0.3 is 0 Å². The van der Waals surface area contributed by atoms with E-state index in [2.05, 4.69) is 39.5 Å². The van der Waals surface area contributed by atoms with Crippen LogP contribution in [0.1, 0.15) is 43.0 Å². The number of rotatable bonds is 5. The van der Waals surface area contributed by atoms with E-state index in [9.17, 15) is 4.79 Å². The number of carbonyl (C=O) groups is 1. The van der Waals surface area contributed by atoms with Crippen LogP contribution in [0.15, 0.2) is 42.7 Å². The van der Waals surface area contributed by atoms with Gasteiger partial charge in [0.2, 0.25) is 5.91 Å². The Labute approximate surface area is 160 Å². The second-order valence-electron chi connectivity index (χ2n) is 8.61. The zero-order chi connectivity index (χ0) is 18.4. The number of nitrogens with one attached hydrogen (secondary N) is 1. The van der Waals surface area contributed by atoms with Crippen molar-refractivity contribution in [2.45, 2.75) is 44.2 Å².